The minimum Gasteiger partial charge on any atom is -0.356 e. The first-order valence-corrected chi connectivity index (χ1v) is 7.87. The number of hydrogen-bond donors (Lipinski definition) is 1. The highest BCUT2D eigenvalue weighted by Gasteiger charge is 2.02. The summed E-state index contributed by atoms with van der Waals surface area (Å²) in [5, 5.41) is 13.5. The van der Waals surface area contributed by atoms with Crippen LogP contribution in [0.1, 0.15) is 17.5 Å². The molecule has 0 spiro atoms. The Morgan fingerprint density at radius 1 is 0.905 bits per heavy atom. The number of hydrogen-bond acceptors (Lipinski definition) is 4. The Morgan fingerprint density at radius 3 is 2.29 bits per heavy atom. The molecule has 0 radical (unpaired) electrons. The maximum absolute atomic E-state index is 4.12. The summed E-state index contributed by atoms with van der Waals surface area (Å²) in [7, 11) is 0. The van der Waals surface area contributed by atoms with Gasteiger partial charge in [0.15, 0.2) is 0 Å². The molecule has 0 fully saturated rings. The molecule has 0 unspecified atom stereocenters. The molecule has 0 saturated carbocycles. The zero-order valence-corrected chi connectivity index (χ0v) is 12.7. The molecule has 2 aromatic carbocycles. The van der Waals surface area contributed by atoms with Crippen LogP contribution in [0.3, 0.4) is 0 Å². The summed E-state index contributed by atoms with van der Waals surface area (Å²) >= 11 is 1.62. The van der Waals surface area contributed by atoms with Crippen LogP contribution in [0.4, 0.5) is 5.13 Å². The molecular weight excluding hydrogens is 278 g/mol. The SMILES string of the molecule is CCc1nnc(NCc2ccc(-c3ccccc3)cc2)s1. The van der Waals surface area contributed by atoms with E-state index < -0.39 is 0 Å². The highest BCUT2D eigenvalue weighted by molar-refractivity contribution is 7.15. The lowest BCUT2D eigenvalue weighted by molar-refractivity contribution is 0.975. The third kappa shape index (κ3) is 3.47. The number of anilines is 1. The molecule has 3 nitrogen and oxygen atoms in total. The van der Waals surface area contributed by atoms with Crippen molar-refractivity contribution in [3.63, 3.8) is 0 Å². The molecule has 3 rings (SSSR count). The number of nitrogens with zero attached hydrogens (tertiary/aromatic N) is 2. The van der Waals surface area contributed by atoms with Crippen molar-refractivity contribution in [1.82, 2.24) is 10.2 Å². The summed E-state index contributed by atoms with van der Waals surface area (Å²) in [5.41, 5.74) is 3.72. The standard InChI is InChI=1S/C17H17N3S/c1-2-16-19-20-17(21-16)18-12-13-8-10-15(11-9-13)14-6-4-3-5-7-14/h3-11H,2,12H2,1H3,(H,18,20). The van der Waals surface area contributed by atoms with Gasteiger partial charge in [0.05, 0.1) is 0 Å². The van der Waals surface area contributed by atoms with Gasteiger partial charge in [-0.2, -0.15) is 0 Å². The van der Waals surface area contributed by atoms with Gasteiger partial charge in [-0.05, 0) is 23.1 Å². The third-order valence-corrected chi connectivity index (χ3v) is 4.30. The van der Waals surface area contributed by atoms with Gasteiger partial charge in [-0.3, -0.25) is 0 Å². The molecule has 0 aliphatic rings. The Bertz CT molecular complexity index is 690. The largest absolute Gasteiger partial charge is 0.356 e. The number of aryl methyl sites for hydroxylation is 1. The van der Waals surface area contributed by atoms with E-state index in [1.54, 1.807) is 11.3 Å². The predicted octanol–water partition coefficient (Wildman–Crippen LogP) is 4.38. The molecule has 1 N–H and O–H groups in total. The van der Waals surface area contributed by atoms with Crippen LogP contribution in [0.25, 0.3) is 11.1 Å². The van der Waals surface area contributed by atoms with E-state index >= 15 is 0 Å². The molecule has 1 heterocycles. The van der Waals surface area contributed by atoms with Crippen LogP contribution in [0.2, 0.25) is 0 Å². The third-order valence-electron chi connectivity index (χ3n) is 3.27. The van der Waals surface area contributed by atoms with Crippen molar-refractivity contribution in [2.24, 2.45) is 0 Å². The second kappa shape index (κ2) is 6.50. The van der Waals surface area contributed by atoms with Gasteiger partial charge in [0, 0.05) is 6.54 Å². The summed E-state index contributed by atoms with van der Waals surface area (Å²) in [6.07, 6.45) is 0.936. The van der Waals surface area contributed by atoms with Crippen LogP contribution < -0.4 is 5.32 Å². The summed E-state index contributed by atoms with van der Waals surface area (Å²) < 4.78 is 0. The molecular formula is C17H17N3S. The van der Waals surface area contributed by atoms with Gasteiger partial charge >= 0.3 is 0 Å². The van der Waals surface area contributed by atoms with Crippen molar-refractivity contribution < 1.29 is 0 Å². The molecule has 0 bridgehead atoms. The first kappa shape index (κ1) is 13.8. The van der Waals surface area contributed by atoms with E-state index in [0.29, 0.717) is 0 Å². The minimum absolute atomic E-state index is 0.771. The highest BCUT2D eigenvalue weighted by atomic mass is 32.1. The number of benzene rings is 2. The van der Waals surface area contributed by atoms with Crippen molar-refractivity contribution in [2.75, 3.05) is 5.32 Å². The molecule has 21 heavy (non-hydrogen) atoms. The van der Waals surface area contributed by atoms with Crippen molar-refractivity contribution >= 4 is 16.5 Å². The van der Waals surface area contributed by atoms with Gasteiger partial charge < -0.3 is 5.32 Å². The van der Waals surface area contributed by atoms with E-state index in [0.717, 1.165) is 23.1 Å². The van der Waals surface area contributed by atoms with Gasteiger partial charge in [-0.1, -0.05) is 72.9 Å². The fourth-order valence-corrected chi connectivity index (χ4v) is 2.77. The van der Waals surface area contributed by atoms with E-state index in [2.05, 4.69) is 71.0 Å². The summed E-state index contributed by atoms with van der Waals surface area (Å²) in [4.78, 5) is 0. The van der Waals surface area contributed by atoms with Crippen molar-refractivity contribution in [1.29, 1.82) is 0 Å². The Balaban J connectivity index is 1.64. The molecule has 3 aromatic rings. The Morgan fingerprint density at radius 2 is 1.62 bits per heavy atom. The van der Waals surface area contributed by atoms with Gasteiger partial charge in [0.1, 0.15) is 5.01 Å². The summed E-state index contributed by atoms with van der Waals surface area (Å²) in [6.45, 7) is 2.86. The van der Waals surface area contributed by atoms with Crippen molar-refractivity contribution in [3.05, 3.63) is 65.2 Å². The normalized spacial score (nSPS) is 10.5. The molecule has 1 aromatic heterocycles. The molecule has 4 heteroatoms. The lowest BCUT2D eigenvalue weighted by atomic mass is 10.0. The topological polar surface area (TPSA) is 37.8 Å². The predicted molar refractivity (Wildman–Crippen MR) is 88.5 cm³/mol. The molecule has 0 aliphatic carbocycles. The Labute approximate surface area is 128 Å². The second-order valence-electron chi connectivity index (χ2n) is 4.77. The average Bonchev–Trinajstić information content (AvgIpc) is 3.02. The van der Waals surface area contributed by atoms with E-state index in [-0.39, 0.29) is 0 Å². The van der Waals surface area contributed by atoms with Crippen LogP contribution >= 0.6 is 11.3 Å². The molecule has 0 atom stereocenters. The lowest BCUT2D eigenvalue weighted by Gasteiger charge is -2.05. The maximum Gasteiger partial charge on any atom is 0.205 e. The second-order valence-corrected chi connectivity index (χ2v) is 5.83. The molecule has 106 valence electrons. The van der Waals surface area contributed by atoms with Gasteiger partial charge in [-0.15, -0.1) is 10.2 Å². The van der Waals surface area contributed by atoms with Crippen molar-refractivity contribution in [3.8, 4) is 11.1 Å². The quantitative estimate of drug-likeness (QED) is 0.759. The fraction of sp³-hybridized carbons (Fsp3) is 0.176. The zero-order valence-electron chi connectivity index (χ0n) is 11.9. The Hall–Kier alpha value is -2.20. The van der Waals surface area contributed by atoms with Gasteiger partial charge in [0.2, 0.25) is 5.13 Å². The highest BCUT2D eigenvalue weighted by Crippen LogP contribution is 2.20. The maximum atomic E-state index is 4.12. The Kier molecular flexibility index (Phi) is 4.26. The molecule has 0 aliphatic heterocycles. The van der Waals surface area contributed by atoms with E-state index in [1.807, 2.05) is 6.07 Å². The average molecular weight is 295 g/mol. The number of rotatable bonds is 5. The van der Waals surface area contributed by atoms with E-state index in [1.165, 1.54) is 16.7 Å². The van der Waals surface area contributed by atoms with Gasteiger partial charge in [0.25, 0.3) is 0 Å². The molecule has 0 saturated heterocycles. The lowest BCUT2D eigenvalue weighted by Crippen LogP contribution is -1.98. The van der Waals surface area contributed by atoms with Crippen LogP contribution in [-0.4, -0.2) is 10.2 Å². The van der Waals surface area contributed by atoms with Crippen LogP contribution in [0.5, 0.6) is 0 Å². The van der Waals surface area contributed by atoms with E-state index in [4.69, 9.17) is 0 Å². The first-order chi connectivity index (χ1) is 10.3. The smallest absolute Gasteiger partial charge is 0.205 e. The van der Waals surface area contributed by atoms with Crippen LogP contribution in [-0.2, 0) is 13.0 Å². The van der Waals surface area contributed by atoms with Crippen LogP contribution in [0, 0.1) is 0 Å². The zero-order chi connectivity index (χ0) is 14.5. The fourth-order valence-electron chi connectivity index (χ4n) is 2.09. The number of nitrogens with one attached hydrogen (secondary N) is 1. The monoisotopic (exact) mass is 295 g/mol. The summed E-state index contributed by atoms with van der Waals surface area (Å²) in [5.74, 6) is 0. The molecule has 0 amide bonds. The van der Waals surface area contributed by atoms with E-state index in [9.17, 15) is 0 Å². The number of aromatic nitrogens is 2. The van der Waals surface area contributed by atoms with Crippen molar-refractivity contribution in [2.45, 2.75) is 19.9 Å². The first-order valence-electron chi connectivity index (χ1n) is 7.06. The summed E-state index contributed by atoms with van der Waals surface area (Å²) in [6, 6.07) is 19.0. The minimum atomic E-state index is 0.771. The van der Waals surface area contributed by atoms with Crippen LogP contribution in [0.15, 0.2) is 54.6 Å². The van der Waals surface area contributed by atoms with Gasteiger partial charge in [-0.25, -0.2) is 0 Å².